The predicted molar refractivity (Wildman–Crippen MR) is 62.0 cm³/mol. The Morgan fingerprint density at radius 1 is 1.29 bits per heavy atom. The lowest BCUT2D eigenvalue weighted by atomic mass is 10.2. The molecule has 2 rings (SSSR count). The minimum Gasteiger partial charge on any atom is -0.370 e. The van der Waals surface area contributed by atoms with Crippen LogP contribution in [0.15, 0.2) is 16.8 Å². The van der Waals surface area contributed by atoms with Gasteiger partial charge in [-0.25, -0.2) is 4.63 Å². The third kappa shape index (κ3) is 1.79. The highest BCUT2D eigenvalue weighted by atomic mass is 16.6. The second kappa shape index (κ2) is 4.36. The Hall–Kier alpha value is -2.18. The van der Waals surface area contributed by atoms with E-state index in [4.69, 9.17) is 0 Å². The summed E-state index contributed by atoms with van der Waals surface area (Å²) in [4.78, 5) is 12.4. The van der Waals surface area contributed by atoms with Crippen LogP contribution in [0, 0.1) is 10.1 Å². The molecule has 0 spiro atoms. The van der Waals surface area contributed by atoms with Gasteiger partial charge in [0.15, 0.2) is 5.52 Å². The van der Waals surface area contributed by atoms with Crippen molar-refractivity contribution in [1.82, 2.24) is 10.3 Å². The number of fused-ring (bicyclic) bond motifs is 1. The Bertz CT molecular complexity index is 547. The van der Waals surface area contributed by atoms with Crippen LogP contribution in [-0.2, 0) is 0 Å². The van der Waals surface area contributed by atoms with Gasteiger partial charge in [-0.3, -0.25) is 10.1 Å². The van der Waals surface area contributed by atoms with E-state index in [-0.39, 0.29) is 11.2 Å². The smallest absolute Gasteiger partial charge is 0.300 e. The second-order valence-electron chi connectivity index (χ2n) is 3.49. The van der Waals surface area contributed by atoms with Crippen molar-refractivity contribution in [2.45, 2.75) is 13.8 Å². The van der Waals surface area contributed by atoms with E-state index >= 15 is 0 Å². The number of rotatable bonds is 4. The van der Waals surface area contributed by atoms with Gasteiger partial charge in [-0.05, 0) is 30.2 Å². The van der Waals surface area contributed by atoms with E-state index < -0.39 is 4.92 Å². The summed E-state index contributed by atoms with van der Waals surface area (Å²) in [6.07, 6.45) is 0. The largest absolute Gasteiger partial charge is 0.370 e. The second-order valence-corrected chi connectivity index (χ2v) is 3.49. The summed E-state index contributed by atoms with van der Waals surface area (Å²) in [5.41, 5.74) is 1.34. The first-order valence-corrected chi connectivity index (χ1v) is 5.33. The summed E-state index contributed by atoms with van der Waals surface area (Å²) >= 11 is 0. The molecule has 0 aliphatic rings. The van der Waals surface area contributed by atoms with Crippen LogP contribution in [0.3, 0.4) is 0 Å². The molecule has 7 heteroatoms. The quantitative estimate of drug-likeness (QED) is 0.596. The van der Waals surface area contributed by atoms with Crippen molar-refractivity contribution >= 4 is 22.4 Å². The van der Waals surface area contributed by atoms with Crippen LogP contribution >= 0.6 is 0 Å². The summed E-state index contributed by atoms with van der Waals surface area (Å²) in [6.45, 7) is 5.58. The molecule has 0 atom stereocenters. The zero-order valence-corrected chi connectivity index (χ0v) is 9.58. The van der Waals surface area contributed by atoms with E-state index in [2.05, 4.69) is 14.9 Å². The topological polar surface area (TPSA) is 85.3 Å². The van der Waals surface area contributed by atoms with E-state index in [1.807, 2.05) is 18.7 Å². The molecule has 0 amide bonds. The van der Waals surface area contributed by atoms with Crippen LogP contribution in [0.5, 0.6) is 0 Å². The summed E-state index contributed by atoms with van der Waals surface area (Å²) in [6, 6.07) is 3.11. The molecule has 0 bridgehead atoms. The van der Waals surface area contributed by atoms with Crippen molar-refractivity contribution in [1.29, 1.82) is 0 Å². The summed E-state index contributed by atoms with van der Waals surface area (Å²) < 4.78 is 4.60. The number of non-ortho nitro benzene ring substituents is 1. The molecule has 2 aromatic rings. The number of nitro benzene ring substituents is 1. The molecule has 0 unspecified atom stereocenters. The standard InChI is InChI=1S/C10H12N4O3/c1-3-13(4-2)7-5-6-8(14(15)16)10-9(7)11-17-12-10/h5-6H,3-4H2,1-2H3. The average Bonchev–Trinajstić information content (AvgIpc) is 2.79. The molecular formula is C10H12N4O3. The fourth-order valence-electron chi connectivity index (χ4n) is 1.81. The van der Waals surface area contributed by atoms with E-state index in [0.717, 1.165) is 18.8 Å². The summed E-state index contributed by atoms with van der Waals surface area (Å²) in [7, 11) is 0. The maximum Gasteiger partial charge on any atom is 0.300 e. The normalized spacial score (nSPS) is 10.7. The van der Waals surface area contributed by atoms with Crippen molar-refractivity contribution < 1.29 is 9.55 Å². The number of nitrogens with zero attached hydrogens (tertiary/aromatic N) is 4. The number of nitro groups is 1. The van der Waals surface area contributed by atoms with E-state index in [9.17, 15) is 10.1 Å². The molecule has 1 aromatic heterocycles. The highest BCUT2D eigenvalue weighted by Gasteiger charge is 2.21. The van der Waals surface area contributed by atoms with Gasteiger partial charge in [0.05, 0.1) is 10.6 Å². The lowest BCUT2D eigenvalue weighted by Crippen LogP contribution is -2.22. The zero-order chi connectivity index (χ0) is 12.4. The number of hydrogen-bond donors (Lipinski definition) is 0. The van der Waals surface area contributed by atoms with E-state index in [1.165, 1.54) is 6.07 Å². The Labute approximate surface area is 97.1 Å². The van der Waals surface area contributed by atoms with Crippen LogP contribution in [-0.4, -0.2) is 28.3 Å². The van der Waals surface area contributed by atoms with Crippen LogP contribution < -0.4 is 4.90 Å². The number of benzene rings is 1. The van der Waals surface area contributed by atoms with Gasteiger partial charge >= 0.3 is 5.69 Å². The van der Waals surface area contributed by atoms with Gasteiger partial charge in [0, 0.05) is 19.2 Å². The van der Waals surface area contributed by atoms with Gasteiger partial charge in [-0.1, -0.05) is 0 Å². The van der Waals surface area contributed by atoms with Crippen LogP contribution in [0.2, 0.25) is 0 Å². The Morgan fingerprint density at radius 3 is 2.53 bits per heavy atom. The monoisotopic (exact) mass is 236 g/mol. The molecular weight excluding hydrogens is 224 g/mol. The Morgan fingerprint density at radius 2 is 1.94 bits per heavy atom. The van der Waals surface area contributed by atoms with Gasteiger partial charge in [0.2, 0.25) is 5.52 Å². The van der Waals surface area contributed by atoms with Crippen molar-refractivity contribution in [3.05, 3.63) is 22.2 Å². The SMILES string of the molecule is CCN(CC)c1ccc([N+](=O)[O-])c2nonc12. The fourth-order valence-corrected chi connectivity index (χ4v) is 1.81. The molecule has 0 aliphatic heterocycles. The molecule has 0 saturated heterocycles. The van der Waals surface area contributed by atoms with Gasteiger partial charge < -0.3 is 4.90 Å². The molecule has 7 nitrogen and oxygen atoms in total. The molecule has 1 heterocycles. The third-order valence-corrected chi connectivity index (χ3v) is 2.67. The van der Waals surface area contributed by atoms with Gasteiger partial charge in [0.1, 0.15) is 0 Å². The number of hydrogen-bond acceptors (Lipinski definition) is 6. The lowest BCUT2D eigenvalue weighted by Gasteiger charge is -2.20. The number of aromatic nitrogens is 2. The van der Waals surface area contributed by atoms with Gasteiger partial charge in [-0.2, -0.15) is 0 Å². The molecule has 0 saturated carbocycles. The fraction of sp³-hybridized carbons (Fsp3) is 0.400. The third-order valence-electron chi connectivity index (χ3n) is 2.67. The molecule has 0 N–H and O–H groups in total. The average molecular weight is 236 g/mol. The van der Waals surface area contributed by atoms with E-state index in [1.54, 1.807) is 6.07 Å². The zero-order valence-electron chi connectivity index (χ0n) is 9.58. The highest BCUT2D eigenvalue weighted by molar-refractivity contribution is 5.93. The molecule has 0 fully saturated rings. The maximum atomic E-state index is 10.8. The first-order chi connectivity index (χ1) is 8.19. The number of anilines is 1. The minimum atomic E-state index is -0.488. The van der Waals surface area contributed by atoms with E-state index in [0.29, 0.717) is 5.52 Å². The molecule has 17 heavy (non-hydrogen) atoms. The summed E-state index contributed by atoms with van der Waals surface area (Å²) in [5.74, 6) is 0. The first-order valence-electron chi connectivity index (χ1n) is 5.33. The molecule has 90 valence electrons. The lowest BCUT2D eigenvalue weighted by molar-refractivity contribution is -0.383. The Balaban J connectivity index is 2.64. The molecule has 1 aromatic carbocycles. The highest BCUT2D eigenvalue weighted by Crippen LogP contribution is 2.30. The Kier molecular flexibility index (Phi) is 2.90. The van der Waals surface area contributed by atoms with Crippen molar-refractivity contribution in [2.75, 3.05) is 18.0 Å². The molecule has 0 radical (unpaired) electrons. The summed E-state index contributed by atoms with van der Waals surface area (Å²) in [5, 5.41) is 18.2. The van der Waals surface area contributed by atoms with Crippen LogP contribution in [0.25, 0.3) is 11.0 Å². The minimum absolute atomic E-state index is 0.0860. The van der Waals surface area contributed by atoms with Crippen molar-refractivity contribution in [3.63, 3.8) is 0 Å². The first kappa shape index (κ1) is 11.3. The van der Waals surface area contributed by atoms with Crippen LogP contribution in [0.4, 0.5) is 11.4 Å². The van der Waals surface area contributed by atoms with Gasteiger partial charge in [-0.15, -0.1) is 0 Å². The molecule has 0 aliphatic carbocycles. The van der Waals surface area contributed by atoms with Gasteiger partial charge in [0.25, 0.3) is 0 Å². The predicted octanol–water partition coefficient (Wildman–Crippen LogP) is 1.98. The maximum absolute atomic E-state index is 10.8. The van der Waals surface area contributed by atoms with Crippen LogP contribution in [0.1, 0.15) is 13.8 Å². The van der Waals surface area contributed by atoms with Crippen molar-refractivity contribution in [2.24, 2.45) is 0 Å². The van der Waals surface area contributed by atoms with Crippen molar-refractivity contribution in [3.8, 4) is 0 Å².